The third kappa shape index (κ3) is 2.11. The van der Waals surface area contributed by atoms with Gasteiger partial charge in [0.2, 0.25) is 0 Å². The van der Waals surface area contributed by atoms with Crippen LogP contribution in [0.1, 0.15) is 30.9 Å². The van der Waals surface area contributed by atoms with E-state index in [0.29, 0.717) is 0 Å². The van der Waals surface area contributed by atoms with Gasteiger partial charge in [-0.1, -0.05) is 6.42 Å². The summed E-state index contributed by atoms with van der Waals surface area (Å²) in [6.45, 7) is 0.934. The van der Waals surface area contributed by atoms with Crippen molar-refractivity contribution in [2.75, 3.05) is 13.7 Å². The van der Waals surface area contributed by atoms with Crippen LogP contribution in [0.3, 0.4) is 0 Å². The lowest BCUT2D eigenvalue weighted by atomic mass is 9.96. The number of nitrogens with one attached hydrogen (secondary N) is 1. The molecule has 3 nitrogen and oxygen atoms in total. The molecule has 0 saturated carbocycles. The zero-order valence-corrected chi connectivity index (χ0v) is 9.29. The largest absolute Gasteiger partial charge is 0.507 e. The second-order valence-electron chi connectivity index (χ2n) is 4.05. The van der Waals surface area contributed by atoms with Crippen molar-refractivity contribution in [1.29, 1.82) is 0 Å². The molecule has 1 aliphatic heterocycles. The third-order valence-electron chi connectivity index (χ3n) is 2.99. The molecule has 1 fully saturated rings. The van der Waals surface area contributed by atoms with Crippen molar-refractivity contribution in [1.82, 2.24) is 5.32 Å². The molecule has 0 radical (unpaired) electrons. The molecule has 0 amide bonds. The Hall–Kier alpha value is -1.29. The number of ether oxygens (including phenoxy) is 1. The number of phenols is 1. The first-order valence-corrected chi connectivity index (χ1v) is 5.52. The Morgan fingerprint density at radius 3 is 2.88 bits per heavy atom. The third-order valence-corrected chi connectivity index (χ3v) is 2.99. The lowest BCUT2D eigenvalue weighted by molar-refractivity contribution is 0.366. The van der Waals surface area contributed by atoms with Crippen LogP contribution < -0.4 is 10.1 Å². The molecule has 2 rings (SSSR count). The minimum atomic E-state index is -0.528. The van der Waals surface area contributed by atoms with Crippen molar-refractivity contribution >= 4 is 0 Å². The molecule has 1 heterocycles. The highest BCUT2D eigenvalue weighted by Crippen LogP contribution is 2.34. The molecule has 1 atom stereocenters. The van der Waals surface area contributed by atoms with Gasteiger partial charge in [0.25, 0.3) is 0 Å². The van der Waals surface area contributed by atoms with Crippen molar-refractivity contribution in [3.8, 4) is 11.5 Å². The second kappa shape index (κ2) is 4.70. The summed E-state index contributed by atoms with van der Waals surface area (Å²) in [7, 11) is 1.42. The first-order chi connectivity index (χ1) is 7.72. The minimum absolute atomic E-state index is 0.00213. The first-order valence-electron chi connectivity index (χ1n) is 5.52. The number of hydrogen-bond donors (Lipinski definition) is 2. The highest BCUT2D eigenvalue weighted by atomic mass is 19.1. The SMILES string of the molecule is COc1cc(C2CCCCN2)c(O)cc1F. The van der Waals surface area contributed by atoms with Crippen molar-refractivity contribution in [3.05, 3.63) is 23.5 Å². The molecule has 4 heteroatoms. The van der Waals surface area contributed by atoms with Gasteiger partial charge in [-0.15, -0.1) is 0 Å². The molecule has 1 saturated heterocycles. The maximum absolute atomic E-state index is 13.3. The Kier molecular flexibility index (Phi) is 3.29. The van der Waals surface area contributed by atoms with Crippen LogP contribution in [0.2, 0.25) is 0 Å². The maximum atomic E-state index is 13.3. The normalized spacial score (nSPS) is 20.8. The molecule has 1 aromatic rings. The van der Waals surface area contributed by atoms with E-state index in [2.05, 4.69) is 5.32 Å². The average Bonchev–Trinajstić information content (AvgIpc) is 2.30. The summed E-state index contributed by atoms with van der Waals surface area (Å²) in [6, 6.07) is 2.79. The number of hydrogen-bond acceptors (Lipinski definition) is 3. The molecule has 16 heavy (non-hydrogen) atoms. The topological polar surface area (TPSA) is 41.5 Å². The van der Waals surface area contributed by atoms with Gasteiger partial charge in [-0.25, -0.2) is 4.39 Å². The van der Waals surface area contributed by atoms with Gasteiger partial charge >= 0.3 is 0 Å². The number of piperidine rings is 1. The van der Waals surface area contributed by atoms with Gasteiger partial charge in [-0.05, 0) is 25.5 Å². The van der Waals surface area contributed by atoms with Crippen LogP contribution in [-0.2, 0) is 0 Å². The van der Waals surface area contributed by atoms with E-state index >= 15 is 0 Å². The maximum Gasteiger partial charge on any atom is 0.168 e. The standard InChI is InChI=1S/C12H16FNO2/c1-16-12-6-8(11(15)7-9(12)13)10-4-2-3-5-14-10/h6-7,10,14-15H,2-5H2,1H3. The highest BCUT2D eigenvalue weighted by Gasteiger charge is 2.20. The molecule has 2 N–H and O–H groups in total. The van der Waals surface area contributed by atoms with E-state index in [9.17, 15) is 9.50 Å². The molecular formula is C12H16FNO2. The molecule has 1 aromatic carbocycles. The molecule has 1 unspecified atom stereocenters. The van der Waals surface area contributed by atoms with Crippen molar-refractivity contribution in [2.45, 2.75) is 25.3 Å². The monoisotopic (exact) mass is 225 g/mol. The fraction of sp³-hybridized carbons (Fsp3) is 0.500. The Labute approximate surface area is 94.2 Å². The lowest BCUT2D eigenvalue weighted by Crippen LogP contribution is -2.26. The summed E-state index contributed by atoms with van der Waals surface area (Å²) in [5.74, 6) is -0.350. The van der Waals surface area contributed by atoms with Crippen LogP contribution in [0.4, 0.5) is 4.39 Å². The number of benzene rings is 1. The quantitative estimate of drug-likeness (QED) is 0.811. The van der Waals surface area contributed by atoms with Crippen molar-refractivity contribution < 1.29 is 14.2 Å². The molecule has 0 bridgehead atoms. The number of halogens is 1. The fourth-order valence-corrected chi connectivity index (χ4v) is 2.11. The van der Waals surface area contributed by atoms with E-state index in [0.717, 1.165) is 37.4 Å². The summed E-state index contributed by atoms with van der Waals surface area (Å²) in [5, 5.41) is 13.0. The fourth-order valence-electron chi connectivity index (χ4n) is 2.11. The number of phenolic OH excluding ortho intramolecular Hbond substituents is 1. The zero-order chi connectivity index (χ0) is 11.5. The van der Waals surface area contributed by atoms with Crippen LogP contribution >= 0.6 is 0 Å². The number of aromatic hydroxyl groups is 1. The highest BCUT2D eigenvalue weighted by molar-refractivity contribution is 5.42. The summed E-state index contributed by atoms with van der Waals surface area (Å²) in [5.41, 5.74) is 0.720. The van der Waals surface area contributed by atoms with Crippen LogP contribution in [-0.4, -0.2) is 18.8 Å². The van der Waals surface area contributed by atoms with Gasteiger partial charge in [0.1, 0.15) is 5.75 Å². The average molecular weight is 225 g/mol. The molecular weight excluding hydrogens is 209 g/mol. The summed E-state index contributed by atoms with van der Waals surface area (Å²) in [6.07, 6.45) is 3.23. The van der Waals surface area contributed by atoms with Crippen LogP contribution in [0.5, 0.6) is 11.5 Å². The summed E-state index contributed by atoms with van der Waals surface area (Å²) in [4.78, 5) is 0. The van der Waals surface area contributed by atoms with Crippen LogP contribution in [0, 0.1) is 5.82 Å². The molecule has 0 aromatic heterocycles. The molecule has 0 spiro atoms. The molecule has 88 valence electrons. The van der Waals surface area contributed by atoms with Crippen molar-refractivity contribution in [2.24, 2.45) is 0 Å². The Morgan fingerprint density at radius 2 is 2.25 bits per heavy atom. The number of rotatable bonds is 2. The lowest BCUT2D eigenvalue weighted by Gasteiger charge is -2.24. The number of methoxy groups -OCH3 is 1. The van der Waals surface area contributed by atoms with E-state index in [1.807, 2.05) is 0 Å². The molecule has 1 aliphatic rings. The Balaban J connectivity index is 2.31. The van der Waals surface area contributed by atoms with Gasteiger partial charge in [-0.3, -0.25) is 0 Å². The summed E-state index contributed by atoms with van der Waals surface area (Å²) >= 11 is 0. The van der Waals surface area contributed by atoms with E-state index in [4.69, 9.17) is 4.74 Å². The predicted molar refractivity (Wildman–Crippen MR) is 59.2 cm³/mol. The smallest absolute Gasteiger partial charge is 0.168 e. The van der Waals surface area contributed by atoms with Gasteiger partial charge in [-0.2, -0.15) is 0 Å². The predicted octanol–water partition coefficient (Wildman–Crippen LogP) is 2.35. The minimum Gasteiger partial charge on any atom is -0.507 e. The van der Waals surface area contributed by atoms with Crippen LogP contribution in [0.25, 0.3) is 0 Å². The van der Waals surface area contributed by atoms with Gasteiger partial charge in [0, 0.05) is 17.7 Å². The van der Waals surface area contributed by atoms with Crippen LogP contribution in [0.15, 0.2) is 12.1 Å². The van der Waals surface area contributed by atoms with Crippen molar-refractivity contribution in [3.63, 3.8) is 0 Å². The van der Waals surface area contributed by atoms with Gasteiger partial charge in [0.15, 0.2) is 11.6 Å². The van der Waals surface area contributed by atoms with Gasteiger partial charge < -0.3 is 15.2 Å². The molecule has 0 aliphatic carbocycles. The summed E-state index contributed by atoms with van der Waals surface area (Å²) < 4.78 is 18.2. The zero-order valence-electron chi connectivity index (χ0n) is 9.29. The first kappa shape index (κ1) is 11.2. The Bertz CT molecular complexity index is 376. The van der Waals surface area contributed by atoms with E-state index in [1.165, 1.54) is 7.11 Å². The van der Waals surface area contributed by atoms with E-state index in [-0.39, 0.29) is 17.5 Å². The second-order valence-corrected chi connectivity index (χ2v) is 4.05. The van der Waals surface area contributed by atoms with E-state index < -0.39 is 5.82 Å². The Morgan fingerprint density at radius 1 is 1.44 bits per heavy atom. The van der Waals surface area contributed by atoms with Gasteiger partial charge in [0.05, 0.1) is 7.11 Å². The van der Waals surface area contributed by atoms with E-state index in [1.54, 1.807) is 6.07 Å².